The van der Waals surface area contributed by atoms with Crippen molar-refractivity contribution in [1.29, 1.82) is 0 Å². The minimum absolute atomic E-state index is 0.0969. The van der Waals surface area contributed by atoms with Gasteiger partial charge in [0.05, 0.1) is 18.6 Å². The molecule has 3 heterocycles. The quantitative estimate of drug-likeness (QED) is 0.406. The number of nitro groups is 1. The first kappa shape index (κ1) is 9.94. The molecule has 16 heavy (non-hydrogen) atoms. The van der Waals surface area contributed by atoms with Crippen molar-refractivity contribution in [2.75, 3.05) is 6.61 Å². The molecule has 3 rings (SSSR count). The first-order chi connectivity index (χ1) is 7.51. The van der Waals surface area contributed by atoms with E-state index in [1.807, 2.05) is 0 Å². The molecule has 3 aliphatic rings. The molecular weight excluding hydrogens is 220 g/mol. The van der Waals surface area contributed by atoms with Gasteiger partial charge in [0, 0.05) is 11.3 Å². The van der Waals surface area contributed by atoms with Crippen LogP contribution in [0.2, 0.25) is 0 Å². The van der Waals surface area contributed by atoms with Crippen LogP contribution < -0.4 is 5.32 Å². The first-order valence-corrected chi connectivity index (χ1v) is 4.96. The van der Waals surface area contributed by atoms with Crippen molar-refractivity contribution >= 4 is 5.91 Å². The van der Waals surface area contributed by atoms with Gasteiger partial charge in [0.25, 0.3) is 11.9 Å². The number of ether oxygens (including phenoxy) is 2. The maximum absolute atomic E-state index is 11.5. The molecule has 3 aliphatic heterocycles. The van der Waals surface area contributed by atoms with Crippen LogP contribution in [0.15, 0.2) is 0 Å². The van der Waals surface area contributed by atoms with Crippen molar-refractivity contribution < 1.29 is 24.3 Å². The van der Waals surface area contributed by atoms with Gasteiger partial charge in [-0.1, -0.05) is 0 Å². The molecular formula is C8H10N2O6. The van der Waals surface area contributed by atoms with Crippen LogP contribution in [-0.4, -0.2) is 46.7 Å². The van der Waals surface area contributed by atoms with Gasteiger partial charge in [-0.3, -0.25) is 14.9 Å². The molecule has 0 unspecified atom stereocenters. The van der Waals surface area contributed by atoms with E-state index in [-0.39, 0.29) is 13.0 Å². The van der Waals surface area contributed by atoms with Crippen LogP contribution in [0.25, 0.3) is 0 Å². The fraction of sp³-hybridized carbons (Fsp3) is 0.875. The summed E-state index contributed by atoms with van der Waals surface area (Å²) in [5.74, 6) is -1.40. The maximum Gasteiger partial charge on any atom is 0.297 e. The van der Waals surface area contributed by atoms with E-state index < -0.39 is 40.9 Å². The minimum atomic E-state index is -1.62. The average molecular weight is 230 g/mol. The molecule has 8 heteroatoms. The topological polar surface area (TPSA) is 111 Å². The molecule has 0 aliphatic carbocycles. The van der Waals surface area contributed by atoms with Crippen molar-refractivity contribution in [2.45, 2.75) is 30.6 Å². The van der Waals surface area contributed by atoms with Crippen LogP contribution in [0, 0.1) is 16.0 Å². The summed E-state index contributed by atoms with van der Waals surface area (Å²) in [4.78, 5) is 21.7. The third-order valence-electron chi connectivity index (χ3n) is 3.37. The third-order valence-corrected chi connectivity index (χ3v) is 3.37. The van der Waals surface area contributed by atoms with E-state index in [4.69, 9.17) is 9.47 Å². The lowest BCUT2D eigenvalue weighted by molar-refractivity contribution is -0.526. The number of piperidine rings is 1. The summed E-state index contributed by atoms with van der Waals surface area (Å²) in [7, 11) is 0. The van der Waals surface area contributed by atoms with E-state index >= 15 is 0 Å². The molecule has 0 aromatic heterocycles. The largest absolute Gasteiger partial charge is 0.366 e. The van der Waals surface area contributed by atoms with Crippen LogP contribution in [0.5, 0.6) is 0 Å². The second-order valence-electron chi connectivity index (χ2n) is 4.35. The van der Waals surface area contributed by atoms with Crippen molar-refractivity contribution in [3.8, 4) is 0 Å². The fourth-order valence-corrected chi connectivity index (χ4v) is 2.64. The van der Waals surface area contributed by atoms with Crippen molar-refractivity contribution in [3.05, 3.63) is 10.1 Å². The smallest absolute Gasteiger partial charge is 0.297 e. The molecule has 5 atom stereocenters. The Bertz CT molecular complexity index is 374. The zero-order chi connectivity index (χ0) is 11.5. The third kappa shape index (κ3) is 1.11. The van der Waals surface area contributed by atoms with Crippen LogP contribution in [-0.2, 0) is 14.3 Å². The Morgan fingerprint density at radius 3 is 3.06 bits per heavy atom. The van der Waals surface area contributed by atoms with Crippen molar-refractivity contribution in [3.63, 3.8) is 0 Å². The van der Waals surface area contributed by atoms with Gasteiger partial charge < -0.3 is 19.9 Å². The van der Waals surface area contributed by atoms with Crippen LogP contribution >= 0.6 is 0 Å². The average Bonchev–Trinajstić information content (AvgIpc) is 2.60. The Balaban J connectivity index is 1.99. The molecule has 2 N–H and O–H groups in total. The van der Waals surface area contributed by atoms with Gasteiger partial charge >= 0.3 is 0 Å². The Morgan fingerprint density at radius 1 is 1.62 bits per heavy atom. The SMILES string of the molecule is O=C1N[C@]2(O)C[C@@H]([C@H]3CO[C@@H]2O3)[C@H]1[N+](=O)[O-]. The highest BCUT2D eigenvalue weighted by Gasteiger charge is 2.63. The Labute approximate surface area is 89.7 Å². The molecule has 0 aromatic carbocycles. The predicted octanol–water partition coefficient (Wildman–Crippen LogP) is -1.79. The van der Waals surface area contributed by atoms with Gasteiger partial charge in [0.15, 0.2) is 5.72 Å². The van der Waals surface area contributed by atoms with Gasteiger partial charge in [-0.15, -0.1) is 0 Å². The molecule has 0 saturated carbocycles. The number of fused-ring (bicyclic) bond motifs is 6. The number of nitrogens with one attached hydrogen (secondary N) is 1. The van der Waals surface area contributed by atoms with Gasteiger partial charge in [0.2, 0.25) is 6.29 Å². The zero-order valence-corrected chi connectivity index (χ0v) is 8.16. The van der Waals surface area contributed by atoms with Gasteiger partial charge in [-0.2, -0.15) is 0 Å². The second kappa shape index (κ2) is 2.90. The summed E-state index contributed by atoms with van der Waals surface area (Å²) in [6.45, 7) is 0.178. The number of aliphatic hydroxyl groups is 1. The van der Waals surface area contributed by atoms with E-state index in [0.717, 1.165) is 0 Å². The number of nitrogens with zero attached hydrogens (tertiary/aromatic N) is 1. The lowest BCUT2D eigenvalue weighted by Crippen LogP contribution is -2.70. The van der Waals surface area contributed by atoms with E-state index in [9.17, 15) is 20.0 Å². The van der Waals surface area contributed by atoms with E-state index in [0.29, 0.717) is 0 Å². The standard InChI is InChI=1S/C8H10N2O6/c11-6-5(10(13)14)3-1-8(12,9-6)7-15-2-4(3)16-7/h3-5,7,12H,1-2H2,(H,9,11)/t3-,4+,5+,7+,8-/m0/s1. The normalized spacial score (nSPS) is 49.9. The number of amides is 1. The predicted molar refractivity (Wildman–Crippen MR) is 46.6 cm³/mol. The van der Waals surface area contributed by atoms with Crippen molar-refractivity contribution in [1.82, 2.24) is 5.32 Å². The minimum Gasteiger partial charge on any atom is -0.366 e. The molecule has 88 valence electrons. The van der Waals surface area contributed by atoms with E-state index in [1.165, 1.54) is 0 Å². The molecule has 8 nitrogen and oxygen atoms in total. The molecule has 3 saturated heterocycles. The van der Waals surface area contributed by atoms with Crippen molar-refractivity contribution in [2.24, 2.45) is 5.92 Å². The van der Waals surface area contributed by atoms with Crippen LogP contribution in [0.4, 0.5) is 0 Å². The fourth-order valence-electron chi connectivity index (χ4n) is 2.64. The molecule has 3 fully saturated rings. The highest BCUT2D eigenvalue weighted by molar-refractivity contribution is 5.82. The Morgan fingerprint density at radius 2 is 2.38 bits per heavy atom. The molecule has 0 radical (unpaired) electrons. The summed E-state index contributed by atoms with van der Waals surface area (Å²) < 4.78 is 10.5. The van der Waals surface area contributed by atoms with Crippen LogP contribution in [0.1, 0.15) is 6.42 Å². The Hall–Kier alpha value is -1.25. The monoisotopic (exact) mass is 230 g/mol. The number of carbonyl (C=O) groups excluding carboxylic acids is 1. The van der Waals surface area contributed by atoms with E-state index in [2.05, 4.69) is 5.32 Å². The molecule has 4 bridgehead atoms. The summed E-state index contributed by atoms with van der Waals surface area (Å²) in [6, 6.07) is -1.37. The summed E-state index contributed by atoms with van der Waals surface area (Å²) in [6.07, 6.45) is -1.29. The van der Waals surface area contributed by atoms with Gasteiger partial charge in [-0.05, 0) is 0 Å². The number of hydrogen-bond acceptors (Lipinski definition) is 6. The second-order valence-corrected chi connectivity index (χ2v) is 4.35. The lowest BCUT2D eigenvalue weighted by Gasteiger charge is -2.44. The molecule has 0 aromatic rings. The number of rotatable bonds is 1. The van der Waals surface area contributed by atoms with E-state index in [1.54, 1.807) is 0 Å². The van der Waals surface area contributed by atoms with Gasteiger partial charge in [0.1, 0.15) is 0 Å². The lowest BCUT2D eigenvalue weighted by atomic mass is 9.80. The molecule has 0 spiro atoms. The molecule has 1 amide bonds. The summed E-state index contributed by atoms with van der Waals surface area (Å²) in [5.41, 5.74) is -1.62. The number of carbonyl (C=O) groups is 1. The van der Waals surface area contributed by atoms with Gasteiger partial charge in [-0.25, -0.2) is 0 Å². The maximum atomic E-state index is 11.5. The highest BCUT2D eigenvalue weighted by atomic mass is 16.7. The highest BCUT2D eigenvalue weighted by Crippen LogP contribution is 2.42. The summed E-state index contributed by atoms with van der Waals surface area (Å²) >= 11 is 0. The Kier molecular flexibility index (Phi) is 1.80. The zero-order valence-electron chi connectivity index (χ0n) is 8.16. The van der Waals surface area contributed by atoms with Crippen LogP contribution in [0.3, 0.4) is 0 Å². The summed E-state index contributed by atoms with van der Waals surface area (Å²) in [5, 5.41) is 23.1. The first-order valence-electron chi connectivity index (χ1n) is 4.96. The number of hydrogen-bond donors (Lipinski definition) is 2.